The van der Waals surface area contributed by atoms with Gasteiger partial charge >= 0.3 is 17.9 Å². The zero-order valence-electron chi connectivity index (χ0n) is 34.6. The number of unbranched alkanes of at least 4 members (excludes halogenated alkanes) is 25. The highest BCUT2D eigenvalue weighted by Gasteiger charge is 2.19. The minimum absolute atomic E-state index is 0.0729. The van der Waals surface area contributed by atoms with Crippen LogP contribution in [0.4, 0.5) is 0 Å². The third-order valence-electron chi connectivity index (χ3n) is 9.71. The summed E-state index contributed by atoms with van der Waals surface area (Å²) >= 11 is 0. The van der Waals surface area contributed by atoms with Gasteiger partial charge in [0.25, 0.3) is 0 Å². The summed E-state index contributed by atoms with van der Waals surface area (Å²) in [6.07, 6.45) is 44.5. The van der Waals surface area contributed by atoms with E-state index in [4.69, 9.17) is 14.2 Å². The molecule has 6 nitrogen and oxygen atoms in total. The molecule has 0 spiro atoms. The molecule has 0 aromatic heterocycles. The van der Waals surface area contributed by atoms with Crippen molar-refractivity contribution < 1.29 is 28.6 Å². The Morgan fingerprint density at radius 2 is 0.712 bits per heavy atom. The number of ether oxygens (including phenoxy) is 3. The molecule has 304 valence electrons. The van der Waals surface area contributed by atoms with Crippen LogP contribution in [0.3, 0.4) is 0 Å². The lowest BCUT2D eigenvalue weighted by molar-refractivity contribution is -0.167. The van der Waals surface area contributed by atoms with E-state index in [1.807, 2.05) is 0 Å². The lowest BCUT2D eigenvalue weighted by Gasteiger charge is -2.18. The normalized spacial score (nSPS) is 12.1. The molecule has 0 radical (unpaired) electrons. The van der Waals surface area contributed by atoms with Crippen molar-refractivity contribution in [3.05, 3.63) is 24.3 Å². The lowest BCUT2D eigenvalue weighted by atomic mass is 10.0. The Morgan fingerprint density at radius 3 is 1.12 bits per heavy atom. The molecular weight excluding hydrogens is 648 g/mol. The monoisotopic (exact) mass is 733 g/mol. The third kappa shape index (κ3) is 39.1. The molecule has 0 heterocycles. The second-order valence-corrected chi connectivity index (χ2v) is 15.0. The van der Waals surface area contributed by atoms with Gasteiger partial charge in [0.05, 0.1) is 0 Å². The smallest absolute Gasteiger partial charge is 0.306 e. The number of hydrogen-bond acceptors (Lipinski definition) is 6. The second kappa shape index (κ2) is 41.6. The average Bonchev–Trinajstić information content (AvgIpc) is 3.14. The first kappa shape index (κ1) is 49.9. The Balaban J connectivity index is 4.32. The topological polar surface area (TPSA) is 78.9 Å². The number of rotatable bonds is 40. The first-order valence-corrected chi connectivity index (χ1v) is 22.3. The Kier molecular flexibility index (Phi) is 40.0. The van der Waals surface area contributed by atoms with Crippen LogP contribution >= 0.6 is 0 Å². The third-order valence-corrected chi connectivity index (χ3v) is 9.71. The quantitative estimate of drug-likeness (QED) is 0.0270. The molecule has 0 N–H and O–H groups in total. The van der Waals surface area contributed by atoms with Gasteiger partial charge in [0, 0.05) is 19.3 Å². The largest absolute Gasteiger partial charge is 0.462 e. The van der Waals surface area contributed by atoms with Crippen LogP contribution in [-0.2, 0) is 28.6 Å². The predicted octanol–water partition coefficient (Wildman–Crippen LogP) is 14.0. The molecule has 0 aliphatic heterocycles. The molecule has 0 aromatic carbocycles. The summed E-state index contributed by atoms with van der Waals surface area (Å²) in [6, 6.07) is 0. The van der Waals surface area contributed by atoms with Gasteiger partial charge in [0.2, 0.25) is 0 Å². The minimum atomic E-state index is -0.767. The molecule has 0 amide bonds. The number of esters is 3. The van der Waals surface area contributed by atoms with Gasteiger partial charge in [0.1, 0.15) is 13.2 Å². The molecule has 0 bridgehead atoms. The van der Waals surface area contributed by atoms with Crippen LogP contribution in [0.1, 0.15) is 233 Å². The Bertz CT molecular complexity index is 850. The minimum Gasteiger partial charge on any atom is -0.462 e. The molecule has 0 aromatic rings. The SMILES string of the molecule is CCCC/C=C\C/C=C\CCCCCCCC(=O)OCC(COC(=O)CCCCCCCCC)OC(=O)CCCCCCCCCCCCCCC. The van der Waals surface area contributed by atoms with Gasteiger partial charge in [-0.15, -0.1) is 0 Å². The van der Waals surface area contributed by atoms with Gasteiger partial charge in [-0.05, 0) is 44.9 Å². The zero-order valence-corrected chi connectivity index (χ0v) is 34.6. The summed E-state index contributed by atoms with van der Waals surface area (Å²) in [4.78, 5) is 37.6. The second-order valence-electron chi connectivity index (χ2n) is 15.0. The van der Waals surface area contributed by atoms with Crippen molar-refractivity contribution in [2.45, 2.75) is 239 Å². The lowest BCUT2D eigenvalue weighted by Crippen LogP contribution is -2.30. The van der Waals surface area contributed by atoms with Crippen molar-refractivity contribution in [2.75, 3.05) is 13.2 Å². The first-order valence-electron chi connectivity index (χ1n) is 22.3. The van der Waals surface area contributed by atoms with Crippen molar-refractivity contribution in [1.29, 1.82) is 0 Å². The van der Waals surface area contributed by atoms with E-state index in [9.17, 15) is 14.4 Å². The van der Waals surface area contributed by atoms with Gasteiger partial charge in [-0.2, -0.15) is 0 Å². The molecule has 52 heavy (non-hydrogen) atoms. The van der Waals surface area contributed by atoms with Crippen LogP contribution in [0.2, 0.25) is 0 Å². The molecule has 0 aliphatic carbocycles. The highest BCUT2D eigenvalue weighted by atomic mass is 16.6. The Morgan fingerprint density at radius 1 is 0.385 bits per heavy atom. The van der Waals surface area contributed by atoms with Gasteiger partial charge in [-0.25, -0.2) is 0 Å². The van der Waals surface area contributed by atoms with Crippen molar-refractivity contribution in [3.8, 4) is 0 Å². The van der Waals surface area contributed by atoms with Gasteiger partial charge in [-0.3, -0.25) is 14.4 Å². The van der Waals surface area contributed by atoms with Gasteiger partial charge in [0.15, 0.2) is 6.10 Å². The van der Waals surface area contributed by atoms with E-state index >= 15 is 0 Å². The molecule has 0 saturated heterocycles. The fourth-order valence-corrected chi connectivity index (χ4v) is 6.28. The van der Waals surface area contributed by atoms with Crippen molar-refractivity contribution in [2.24, 2.45) is 0 Å². The zero-order chi connectivity index (χ0) is 38.0. The molecule has 0 rings (SSSR count). The van der Waals surface area contributed by atoms with E-state index < -0.39 is 6.10 Å². The maximum Gasteiger partial charge on any atom is 0.306 e. The van der Waals surface area contributed by atoms with E-state index in [0.717, 1.165) is 77.0 Å². The number of hydrogen-bond donors (Lipinski definition) is 0. The summed E-state index contributed by atoms with van der Waals surface area (Å²) in [5, 5.41) is 0. The molecule has 0 aliphatic rings. The highest BCUT2D eigenvalue weighted by Crippen LogP contribution is 2.15. The van der Waals surface area contributed by atoms with Crippen LogP contribution in [0.25, 0.3) is 0 Å². The maximum atomic E-state index is 12.7. The van der Waals surface area contributed by atoms with Crippen molar-refractivity contribution in [3.63, 3.8) is 0 Å². The molecule has 6 heteroatoms. The van der Waals surface area contributed by atoms with Gasteiger partial charge in [-0.1, -0.05) is 193 Å². The number of carbonyl (C=O) groups excluding carboxylic acids is 3. The van der Waals surface area contributed by atoms with E-state index in [-0.39, 0.29) is 31.1 Å². The number of allylic oxidation sites excluding steroid dienone is 4. The van der Waals surface area contributed by atoms with Crippen LogP contribution in [-0.4, -0.2) is 37.2 Å². The Labute approximate surface area is 322 Å². The average molecular weight is 733 g/mol. The standard InChI is InChI=1S/C46H84O6/c1-4-7-10-13-16-18-20-22-24-25-27-30-33-36-39-45(48)51-42-43(41-50-44(47)38-35-32-29-15-12-9-6-3)52-46(49)40-37-34-31-28-26-23-21-19-17-14-11-8-5-2/h13,16,20,22,43H,4-12,14-15,17-19,21,23-42H2,1-3H3/b16-13-,22-20-. The highest BCUT2D eigenvalue weighted by molar-refractivity contribution is 5.71. The van der Waals surface area contributed by atoms with Crippen LogP contribution in [0.5, 0.6) is 0 Å². The van der Waals surface area contributed by atoms with Crippen molar-refractivity contribution in [1.82, 2.24) is 0 Å². The molecule has 1 unspecified atom stereocenters. The van der Waals surface area contributed by atoms with Crippen LogP contribution in [0.15, 0.2) is 24.3 Å². The summed E-state index contributed by atoms with van der Waals surface area (Å²) in [6.45, 7) is 6.54. The Hall–Kier alpha value is -2.11. The molecule has 0 fully saturated rings. The summed E-state index contributed by atoms with van der Waals surface area (Å²) in [7, 11) is 0. The predicted molar refractivity (Wildman–Crippen MR) is 219 cm³/mol. The maximum absolute atomic E-state index is 12.7. The van der Waals surface area contributed by atoms with E-state index in [1.165, 1.54) is 116 Å². The number of carbonyl (C=O) groups is 3. The molecular formula is C46H84O6. The van der Waals surface area contributed by atoms with Crippen LogP contribution in [0, 0.1) is 0 Å². The fourth-order valence-electron chi connectivity index (χ4n) is 6.28. The fraction of sp³-hybridized carbons (Fsp3) is 0.848. The van der Waals surface area contributed by atoms with E-state index in [1.54, 1.807) is 0 Å². The summed E-state index contributed by atoms with van der Waals surface area (Å²) in [5.74, 6) is -0.889. The van der Waals surface area contributed by atoms with Gasteiger partial charge < -0.3 is 14.2 Å². The van der Waals surface area contributed by atoms with Crippen LogP contribution < -0.4 is 0 Å². The van der Waals surface area contributed by atoms with E-state index in [2.05, 4.69) is 45.1 Å². The summed E-state index contributed by atoms with van der Waals surface area (Å²) in [5.41, 5.74) is 0. The molecule has 1 atom stereocenters. The van der Waals surface area contributed by atoms with E-state index in [0.29, 0.717) is 19.3 Å². The first-order chi connectivity index (χ1) is 25.5. The van der Waals surface area contributed by atoms with Crippen molar-refractivity contribution >= 4 is 17.9 Å². The molecule has 0 saturated carbocycles. The summed E-state index contributed by atoms with van der Waals surface area (Å²) < 4.78 is 16.6.